The second-order valence-corrected chi connectivity index (χ2v) is 10.1. The number of hydrogen-bond acceptors (Lipinski definition) is 5. The van der Waals surface area contributed by atoms with Gasteiger partial charge in [-0.1, -0.05) is 35.9 Å². The fourth-order valence-corrected chi connectivity index (χ4v) is 5.91. The van der Waals surface area contributed by atoms with Gasteiger partial charge in [0.25, 0.3) is 0 Å². The van der Waals surface area contributed by atoms with Gasteiger partial charge in [0.1, 0.15) is 5.82 Å². The molecule has 0 bridgehead atoms. The monoisotopic (exact) mass is 444 g/mol. The predicted octanol–water partition coefficient (Wildman–Crippen LogP) is 4.74. The van der Waals surface area contributed by atoms with Crippen molar-refractivity contribution in [2.75, 3.05) is 11.9 Å². The molecule has 32 heavy (non-hydrogen) atoms. The average Bonchev–Trinajstić information content (AvgIpc) is 2.78. The summed E-state index contributed by atoms with van der Waals surface area (Å²) in [7, 11) is -3.57. The Hall–Kier alpha value is -3.29. The van der Waals surface area contributed by atoms with Gasteiger partial charge < -0.3 is 5.32 Å². The molecule has 0 radical (unpaired) electrons. The molecule has 0 saturated carbocycles. The Morgan fingerprint density at radius 2 is 1.84 bits per heavy atom. The number of benzene rings is 2. The number of rotatable bonds is 4. The molecule has 0 saturated heterocycles. The summed E-state index contributed by atoms with van der Waals surface area (Å²) in [4.78, 5) is 9.41. The quantitative estimate of drug-likeness (QED) is 0.492. The summed E-state index contributed by atoms with van der Waals surface area (Å²) in [6, 6.07) is 17.4. The Labute approximate surface area is 188 Å². The van der Waals surface area contributed by atoms with Crippen LogP contribution in [-0.4, -0.2) is 29.2 Å². The minimum Gasteiger partial charge on any atom is -0.339 e. The zero-order valence-electron chi connectivity index (χ0n) is 18.0. The highest BCUT2D eigenvalue weighted by Crippen LogP contribution is 2.31. The molecule has 6 nitrogen and oxygen atoms in total. The second kappa shape index (κ2) is 8.00. The third-order valence-corrected chi connectivity index (χ3v) is 7.92. The molecule has 0 unspecified atom stereocenters. The predicted molar refractivity (Wildman–Crippen MR) is 126 cm³/mol. The summed E-state index contributed by atoms with van der Waals surface area (Å²) < 4.78 is 28.2. The fraction of sp³-hybridized carbons (Fsp3) is 0.200. The number of anilines is 2. The van der Waals surface area contributed by atoms with Crippen molar-refractivity contribution in [3.05, 3.63) is 89.2 Å². The van der Waals surface area contributed by atoms with Gasteiger partial charge in [-0.2, -0.15) is 4.31 Å². The Balaban J connectivity index is 1.43. The molecule has 4 aromatic rings. The van der Waals surface area contributed by atoms with Gasteiger partial charge in [0.15, 0.2) is 0 Å². The van der Waals surface area contributed by atoms with Gasteiger partial charge in [-0.05, 0) is 55.7 Å². The fourth-order valence-electron chi connectivity index (χ4n) is 4.28. The lowest BCUT2D eigenvalue weighted by Crippen LogP contribution is -2.36. The van der Waals surface area contributed by atoms with Gasteiger partial charge in [-0.3, -0.25) is 4.98 Å². The van der Waals surface area contributed by atoms with E-state index in [0.717, 1.165) is 44.7 Å². The highest BCUT2D eigenvalue weighted by molar-refractivity contribution is 7.89. The zero-order valence-corrected chi connectivity index (χ0v) is 18.9. The maximum absolute atomic E-state index is 13.3. The first-order chi connectivity index (χ1) is 15.4. The molecule has 2 aromatic heterocycles. The minimum atomic E-state index is -3.57. The molecule has 162 valence electrons. The summed E-state index contributed by atoms with van der Waals surface area (Å²) in [5.41, 5.74) is 5.64. The molecular formula is C25H24N4O2S. The van der Waals surface area contributed by atoms with E-state index < -0.39 is 10.0 Å². The lowest BCUT2D eigenvalue weighted by atomic mass is 10.0. The van der Waals surface area contributed by atoms with Gasteiger partial charge in [-0.15, -0.1) is 0 Å². The molecule has 0 fully saturated rings. The number of pyridine rings is 2. The molecule has 0 aliphatic carbocycles. The number of nitrogens with one attached hydrogen (secondary N) is 1. The lowest BCUT2D eigenvalue weighted by molar-refractivity contribution is 0.391. The SMILES string of the molecule is Cc1ccc(S(=O)(=O)N2CCc3c(ccnc3Nc3cnc4ccccc4c3)C2)c(C)c1. The minimum absolute atomic E-state index is 0.332. The molecule has 5 rings (SSSR count). The Morgan fingerprint density at radius 3 is 2.69 bits per heavy atom. The van der Waals surface area contributed by atoms with E-state index in [0.29, 0.717) is 24.4 Å². The van der Waals surface area contributed by atoms with Crippen molar-refractivity contribution in [2.45, 2.75) is 31.7 Å². The number of para-hydroxylation sites is 1. The van der Waals surface area contributed by atoms with Crippen molar-refractivity contribution in [3.63, 3.8) is 0 Å². The van der Waals surface area contributed by atoms with E-state index >= 15 is 0 Å². The summed E-state index contributed by atoms with van der Waals surface area (Å²) in [6.07, 6.45) is 4.11. The van der Waals surface area contributed by atoms with Crippen molar-refractivity contribution in [1.29, 1.82) is 0 Å². The van der Waals surface area contributed by atoms with E-state index in [4.69, 9.17) is 0 Å². The smallest absolute Gasteiger partial charge is 0.243 e. The van der Waals surface area contributed by atoms with E-state index in [1.54, 1.807) is 22.8 Å². The molecule has 0 spiro atoms. The van der Waals surface area contributed by atoms with Crippen LogP contribution in [0.2, 0.25) is 0 Å². The molecule has 1 aliphatic rings. The van der Waals surface area contributed by atoms with E-state index in [1.807, 2.05) is 62.4 Å². The molecule has 0 amide bonds. The van der Waals surface area contributed by atoms with Crippen LogP contribution >= 0.6 is 0 Å². The van der Waals surface area contributed by atoms with Crippen LogP contribution in [0.1, 0.15) is 22.3 Å². The van der Waals surface area contributed by atoms with Crippen LogP contribution < -0.4 is 5.32 Å². The average molecular weight is 445 g/mol. The van der Waals surface area contributed by atoms with Crippen molar-refractivity contribution in [3.8, 4) is 0 Å². The highest BCUT2D eigenvalue weighted by atomic mass is 32.2. The third kappa shape index (κ3) is 3.74. The van der Waals surface area contributed by atoms with E-state index in [1.165, 1.54) is 0 Å². The molecule has 2 aromatic carbocycles. The number of aryl methyl sites for hydroxylation is 2. The van der Waals surface area contributed by atoms with Crippen LogP contribution in [0, 0.1) is 13.8 Å². The van der Waals surface area contributed by atoms with Crippen LogP contribution in [0.25, 0.3) is 10.9 Å². The Morgan fingerprint density at radius 1 is 1.00 bits per heavy atom. The highest BCUT2D eigenvalue weighted by Gasteiger charge is 2.30. The molecular weight excluding hydrogens is 420 g/mol. The van der Waals surface area contributed by atoms with Crippen LogP contribution in [-0.2, 0) is 23.0 Å². The molecule has 3 heterocycles. The molecule has 7 heteroatoms. The normalized spacial score (nSPS) is 14.3. The summed E-state index contributed by atoms with van der Waals surface area (Å²) >= 11 is 0. The Bertz CT molecular complexity index is 1430. The van der Waals surface area contributed by atoms with Gasteiger partial charge >= 0.3 is 0 Å². The molecule has 0 atom stereocenters. The number of aromatic nitrogens is 2. The number of sulfonamides is 1. The maximum atomic E-state index is 13.3. The van der Waals surface area contributed by atoms with Gasteiger partial charge in [0.05, 0.1) is 22.3 Å². The van der Waals surface area contributed by atoms with Crippen LogP contribution in [0.3, 0.4) is 0 Å². The number of nitrogens with zero attached hydrogens (tertiary/aromatic N) is 3. The van der Waals surface area contributed by atoms with Crippen molar-refractivity contribution in [2.24, 2.45) is 0 Å². The third-order valence-electron chi connectivity index (χ3n) is 5.91. The summed E-state index contributed by atoms with van der Waals surface area (Å²) in [5, 5.41) is 4.43. The van der Waals surface area contributed by atoms with Crippen LogP contribution in [0.4, 0.5) is 11.5 Å². The summed E-state index contributed by atoms with van der Waals surface area (Å²) in [6.45, 7) is 4.56. The topological polar surface area (TPSA) is 75.2 Å². The van der Waals surface area contributed by atoms with Crippen LogP contribution in [0.15, 0.2) is 71.9 Å². The maximum Gasteiger partial charge on any atom is 0.243 e. The van der Waals surface area contributed by atoms with Gasteiger partial charge in [0, 0.05) is 30.2 Å². The lowest BCUT2D eigenvalue weighted by Gasteiger charge is -2.29. The first kappa shape index (κ1) is 20.6. The van der Waals surface area contributed by atoms with E-state index in [2.05, 4.69) is 15.3 Å². The largest absolute Gasteiger partial charge is 0.339 e. The molecule has 1 aliphatic heterocycles. The zero-order chi connectivity index (χ0) is 22.3. The standard InChI is InChI=1S/C25H24N4O2S/c1-17-7-8-24(18(2)13-17)32(30,31)29-12-10-22-20(16-29)9-11-26-25(22)28-21-14-19-5-3-4-6-23(19)27-15-21/h3-9,11,13-15H,10,12,16H2,1-2H3,(H,26,28). The van der Waals surface area contributed by atoms with Crippen molar-refractivity contribution >= 4 is 32.4 Å². The number of fused-ring (bicyclic) bond motifs is 2. The van der Waals surface area contributed by atoms with E-state index in [9.17, 15) is 8.42 Å². The first-order valence-electron chi connectivity index (χ1n) is 10.6. The second-order valence-electron chi connectivity index (χ2n) is 8.20. The summed E-state index contributed by atoms with van der Waals surface area (Å²) in [5.74, 6) is 0.753. The number of hydrogen-bond donors (Lipinski definition) is 1. The van der Waals surface area contributed by atoms with E-state index in [-0.39, 0.29) is 0 Å². The first-order valence-corrected chi connectivity index (χ1v) is 12.0. The Kier molecular flexibility index (Phi) is 5.15. The van der Waals surface area contributed by atoms with Crippen LogP contribution in [0.5, 0.6) is 0 Å². The van der Waals surface area contributed by atoms with Gasteiger partial charge in [0.2, 0.25) is 10.0 Å². The van der Waals surface area contributed by atoms with Crippen molar-refractivity contribution < 1.29 is 8.42 Å². The van der Waals surface area contributed by atoms with Crippen molar-refractivity contribution in [1.82, 2.24) is 14.3 Å². The van der Waals surface area contributed by atoms with Gasteiger partial charge in [-0.25, -0.2) is 13.4 Å². The molecule has 1 N–H and O–H groups in total.